The topological polar surface area (TPSA) is 0 Å². The molecule has 0 amide bonds. The summed E-state index contributed by atoms with van der Waals surface area (Å²) in [5, 5.41) is 0. The van der Waals surface area contributed by atoms with E-state index in [1.165, 1.54) is 24.1 Å². The number of hydrogen-bond donors (Lipinski definition) is 0. The van der Waals surface area contributed by atoms with E-state index in [0.717, 1.165) is 0 Å². The SMILES string of the molecule is C[Si]1(C#Cc2ccccc2)CCC1. The quantitative estimate of drug-likeness (QED) is 0.431. The van der Waals surface area contributed by atoms with Gasteiger partial charge in [-0.15, -0.1) is 5.54 Å². The Morgan fingerprint density at radius 3 is 2.38 bits per heavy atom. The summed E-state index contributed by atoms with van der Waals surface area (Å²) in [4.78, 5) is 0. The molecule has 0 atom stereocenters. The van der Waals surface area contributed by atoms with Gasteiger partial charge in [0.15, 0.2) is 0 Å². The second-order valence-corrected chi connectivity index (χ2v) is 8.40. The zero-order valence-electron chi connectivity index (χ0n) is 8.01. The third-order valence-electron chi connectivity index (χ3n) is 2.74. The molecular weight excluding hydrogens is 172 g/mol. The Bertz CT molecular complexity index is 338. The minimum Gasteiger partial charge on any atom is -0.126 e. The van der Waals surface area contributed by atoms with Crippen molar-refractivity contribution in [1.29, 1.82) is 0 Å². The van der Waals surface area contributed by atoms with Gasteiger partial charge < -0.3 is 0 Å². The molecule has 1 aromatic rings. The smallest absolute Gasteiger partial charge is 0.126 e. The lowest BCUT2D eigenvalue weighted by Crippen LogP contribution is -2.36. The Kier molecular flexibility index (Phi) is 2.24. The molecule has 1 heteroatoms. The standard InChI is InChI=1S/C12H14Si/c1-13(9-5-10-13)11-8-12-6-3-2-4-7-12/h2-4,6-7H,5,9-10H2,1H3. The largest absolute Gasteiger partial charge is 0.135 e. The van der Waals surface area contributed by atoms with E-state index >= 15 is 0 Å². The normalized spacial score (nSPS) is 18.2. The van der Waals surface area contributed by atoms with Crippen molar-refractivity contribution < 1.29 is 0 Å². The first-order valence-corrected chi connectivity index (χ1v) is 7.78. The molecule has 66 valence electrons. The van der Waals surface area contributed by atoms with E-state index in [-0.39, 0.29) is 0 Å². The van der Waals surface area contributed by atoms with Crippen LogP contribution in [0.3, 0.4) is 0 Å². The van der Waals surface area contributed by atoms with Gasteiger partial charge in [0.05, 0.1) is 0 Å². The van der Waals surface area contributed by atoms with Crippen LogP contribution in [0.15, 0.2) is 30.3 Å². The van der Waals surface area contributed by atoms with E-state index in [1.54, 1.807) is 0 Å². The molecule has 0 spiro atoms. The van der Waals surface area contributed by atoms with Crippen molar-refractivity contribution in [2.24, 2.45) is 0 Å². The Morgan fingerprint density at radius 1 is 1.15 bits per heavy atom. The summed E-state index contributed by atoms with van der Waals surface area (Å²) < 4.78 is 0. The summed E-state index contributed by atoms with van der Waals surface area (Å²) in [6, 6.07) is 13.1. The first-order valence-electron chi connectivity index (χ1n) is 4.87. The van der Waals surface area contributed by atoms with Crippen LogP contribution >= 0.6 is 0 Å². The Hall–Kier alpha value is -1.00. The minimum absolute atomic E-state index is 1.04. The average molecular weight is 186 g/mol. The van der Waals surface area contributed by atoms with Crippen molar-refractivity contribution in [2.75, 3.05) is 0 Å². The Morgan fingerprint density at radius 2 is 1.85 bits per heavy atom. The van der Waals surface area contributed by atoms with Crippen LogP contribution in [0.4, 0.5) is 0 Å². The Balaban J connectivity index is 2.13. The van der Waals surface area contributed by atoms with Crippen molar-refractivity contribution in [3.8, 4) is 11.5 Å². The van der Waals surface area contributed by atoms with Gasteiger partial charge in [-0.05, 0) is 24.2 Å². The molecule has 1 heterocycles. The first kappa shape index (κ1) is 8.59. The maximum Gasteiger partial charge on any atom is 0.135 e. The summed E-state index contributed by atoms with van der Waals surface area (Å²) in [6.45, 7) is 2.40. The van der Waals surface area contributed by atoms with E-state index in [2.05, 4.69) is 42.3 Å². The third-order valence-corrected chi connectivity index (χ3v) is 6.38. The zero-order chi connectivity index (χ0) is 9.15. The van der Waals surface area contributed by atoms with Gasteiger partial charge in [-0.25, -0.2) is 0 Å². The van der Waals surface area contributed by atoms with E-state index in [9.17, 15) is 0 Å². The molecule has 2 rings (SSSR count). The lowest BCUT2D eigenvalue weighted by molar-refractivity contribution is 0.921. The van der Waals surface area contributed by atoms with Crippen molar-refractivity contribution >= 4 is 8.07 Å². The van der Waals surface area contributed by atoms with Gasteiger partial charge in [0.1, 0.15) is 8.07 Å². The molecule has 1 aromatic carbocycles. The molecule has 1 fully saturated rings. The molecule has 13 heavy (non-hydrogen) atoms. The molecule has 1 saturated heterocycles. The summed E-state index contributed by atoms with van der Waals surface area (Å²) in [5.74, 6) is 3.30. The molecule has 0 unspecified atom stereocenters. The third kappa shape index (κ3) is 2.02. The number of benzene rings is 1. The van der Waals surface area contributed by atoms with Crippen molar-refractivity contribution in [3.05, 3.63) is 35.9 Å². The molecule has 0 aliphatic carbocycles. The van der Waals surface area contributed by atoms with E-state index in [4.69, 9.17) is 0 Å². The molecule has 0 radical (unpaired) electrons. The van der Waals surface area contributed by atoms with Gasteiger partial charge in [0, 0.05) is 5.56 Å². The maximum atomic E-state index is 3.50. The van der Waals surface area contributed by atoms with Crippen LogP contribution in [0.25, 0.3) is 0 Å². The van der Waals surface area contributed by atoms with E-state index in [0.29, 0.717) is 0 Å². The number of hydrogen-bond acceptors (Lipinski definition) is 0. The van der Waals surface area contributed by atoms with Crippen LogP contribution in [0.5, 0.6) is 0 Å². The predicted molar refractivity (Wildman–Crippen MR) is 59.2 cm³/mol. The Labute approximate surface area is 81.0 Å². The second kappa shape index (κ2) is 3.39. The maximum absolute atomic E-state index is 3.50. The van der Waals surface area contributed by atoms with Crippen LogP contribution in [-0.2, 0) is 0 Å². The zero-order valence-corrected chi connectivity index (χ0v) is 9.01. The fraction of sp³-hybridized carbons (Fsp3) is 0.333. The minimum atomic E-state index is -1.04. The fourth-order valence-electron chi connectivity index (χ4n) is 1.58. The lowest BCUT2D eigenvalue weighted by atomic mass is 10.2. The van der Waals surface area contributed by atoms with Gasteiger partial charge in [-0.2, -0.15) is 0 Å². The van der Waals surface area contributed by atoms with Gasteiger partial charge in [-0.1, -0.05) is 37.1 Å². The summed E-state index contributed by atoms with van der Waals surface area (Å²) in [5.41, 5.74) is 4.67. The molecule has 1 aliphatic heterocycles. The van der Waals surface area contributed by atoms with Gasteiger partial charge in [-0.3, -0.25) is 0 Å². The summed E-state index contributed by atoms with van der Waals surface area (Å²) >= 11 is 0. The molecule has 0 nitrogen and oxygen atoms in total. The van der Waals surface area contributed by atoms with Gasteiger partial charge in [0.25, 0.3) is 0 Å². The highest BCUT2D eigenvalue weighted by atomic mass is 28.3. The first-order chi connectivity index (χ1) is 6.29. The van der Waals surface area contributed by atoms with Crippen molar-refractivity contribution in [3.63, 3.8) is 0 Å². The average Bonchev–Trinajstić information content (AvgIpc) is 2.13. The lowest BCUT2D eigenvalue weighted by Gasteiger charge is -2.29. The van der Waals surface area contributed by atoms with Crippen LogP contribution < -0.4 is 0 Å². The van der Waals surface area contributed by atoms with Gasteiger partial charge in [0.2, 0.25) is 0 Å². The number of rotatable bonds is 0. The van der Waals surface area contributed by atoms with Crippen LogP contribution in [0.2, 0.25) is 18.6 Å². The van der Waals surface area contributed by atoms with Crippen LogP contribution in [-0.4, -0.2) is 8.07 Å². The van der Waals surface area contributed by atoms with Crippen molar-refractivity contribution in [2.45, 2.75) is 25.1 Å². The molecule has 1 aliphatic rings. The molecule has 0 aromatic heterocycles. The highest BCUT2D eigenvalue weighted by molar-refractivity contribution is 6.88. The molecule has 0 bridgehead atoms. The fourth-order valence-corrected chi connectivity index (χ4v) is 3.69. The van der Waals surface area contributed by atoms with Crippen LogP contribution in [0, 0.1) is 11.5 Å². The van der Waals surface area contributed by atoms with E-state index < -0.39 is 8.07 Å². The summed E-state index contributed by atoms with van der Waals surface area (Å²) in [6.07, 6.45) is 1.41. The van der Waals surface area contributed by atoms with Gasteiger partial charge >= 0.3 is 0 Å². The summed E-state index contributed by atoms with van der Waals surface area (Å²) in [7, 11) is -1.04. The molecule has 0 saturated carbocycles. The highest BCUT2D eigenvalue weighted by Gasteiger charge is 2.32. The van der Waals surface area contributed by atoms with E-state index in [1.807, 2.05) is 6.07 Å². The predicted octanol–water partition coefficient (Wildman–Crippen LogP) is 3.06. The monoisotopic (exact) mass is 186 g/mol. The van der Waals surface area contributed by atoms with Crippen LogP contribution in [0.1, 0.15) is 12.0 Å². The van der Waals surface area contributed by atoms with Crippen molar-refractivity contribution in [1.82, 2.24) is 0 Å². The molecule has 0 N–H and O–H groups in total. The molecular formula is C12H14Si. The second-order valence-electron chi connectivity index (χ2n) is 4.03. The highest BCUT2D eigenvalue weighted by Crippen LogP contribution is 2.31.